The van der Waals surface area contributed by atoms with Gasteiger partial charge in [-0.05, 0) is 49.6 Å². The molecular weight excluding hydrogens is 428 g/mol. The average molecular weight is 449 g/mol. The molecule has 2 aromatic carbocycles. The molecule has 0 aliphatic carbocycles. The van der Waals surface area contributed by atoms with Crippen LogP contribution in [0.1, 0.15) is 23.7 Å². The van der Waals surface area contributed by atoms with E-state index in [1.807, 2.05) is 54.1 Å². The molecule has 0 radical (unpaired) electrons. The quantitative estimate of drug-likeness (QED) is 0.505. The maximum atomic E-state index is 12.9. The second-order valence-corrected chi connectivity index (χ2v) is 8.11. The van der Waals surface area contributed by atoms with Gasteiger partial charge in [0, 0.05) is 22.5 Å². The van der Waals surface area contributed by atoms with E-state index in [0.717, 1.165) is 28.2 Å². The second-order valence-electron chi connectivity index (χ2n) is 7.70. The minimum Gasteiger partial charge on any atom is -0.495 e. The lowest BCUT2D eigenvalue weighted by molar-refractivity contribution is -0.119. The molecule has 32 heavy (non-hydrogen) atoms. The van der Waals surface area contributed by atoms with Crippen molar-refractivity contribution in [2.45, 2.75) is 25.8 Å². The zero-order chi connectivity index (χ0) is 22.2. The number of hydrogen-bond donors (Lipinski definition) is 1. The van der Waals surface area contributed by atoms with Crippen molar-refractivity contribution in [1.82, 2.24) is 24.5 Å². The fourth-order valence-corrected chi connectivity index (χ4v) is 4.24. The van der Waals surface area contributed by atoms with Gasteiger partial charge in [-0.2, -0.15) is 0 Å². The highest BCUT2D eigenvalue weighted by molar-refractivity contribution is 6.31. The van der Waals surface area contributed by atoms with Crippen molar-refractivity contribution in [3.05, 3.63) is 71.4 Å². The van der Waals surface area contributed by atoms with E-state index in [2.05, 4.69) is 20.6 Å². The lowest BCUT2D eigenvalue weighted by Crippen LogP contribution is -2.25. The van der Waals surface area contributed by atoms with Crippen molar-refractivity contribution >= 4 is 23.2 Å². The van der Waals surface area contributed by atoms with Crippen LogP contribution in [-0.4, -0.2) is 37.6 Å². The van der Waals surface area contributed by atoms with Crippen LogP contribution >= 0.6 is 11.6 Å². The molecule has 1 atom stereocenters. The fourth-order valence-electron chi connectivity index (χ4n) is 3.97. The van der Waals surface area contributed by atoms with E-state index in [1.165, 1.54) is 0 Å². The highest BCUT2D eigenvalue weighted by Crippen LogP contribution is 2.33. The molecule has 0 spiro atoms. The molecule has 1 aliphatic heterocycles. The van der Waals surface area contributed by atoms with Crippen molar-refractivity contribution in [1.29, 1.82) is 0 Å². The van der Waals surface area contributed by atoms with Crippen molar-refractivity contribution in [3.63, 3.8) is 0 Å². The van der Waals surface area contributed by atoms with Crippen molar-refractivity contribution in [2.24, 2.45) is 0 Å². The number of carbonyl (C=O) groups excluding carboxylic acids is 1. The van der Waals surface area contributed by atoms with E-state index >= 15 is 0 Å². The van der Waals surface area contributed by atoms with Crippen LogP contribution in [0.4, 0.5) is 5.69 Å². The minimum absolute atomic E-state index is 0.133. The Morgan fingerprint density at radius 2 is 2.09 bits per heavy atom. The van der Waals surface area contributed by atoms with Gasteiger partial charge in [-0.1, -0.05) is 28.9 Å². The number of anilines is 1. The number of aromatic nitrogens is 5. The number of aryl methyl sites for hydroxylation is 1. The summed E-state index contributed by atoms with van der Waals surface area (Å²) in [5, 5.41) is 12.2. The number of fused-ring (bicyclic) bond motifs is 1. The van der Waals surface area contributed by atoms with Gasteiger partial charge in [-0.15, -0.1) is 5.10 Å². The van der Waals surface area contributed by atoms with Crippen LogP contribution in [0.3, 0.4) is 0 Å². The summed E-state index contributed by atoms with van der Waals surface area (Å²) in [4.78, 5) is 17.1. The summed E-state index contributed by atoms with van der Waals surface area (Å²) in [5.74, 6) is 0.553. The summed E-state index contributed by atoms with van der Waals surface area (Å²) in [7, 11) is 1.63. The minimum atomic E-state index is -0.477. The topological polar surface area (TPSA) is 86.9 Å². The zero-order valence-electron chi connectivity index (χ0n) is 17.6. The third kappa shape index (κ3) is 3.62. The van der Waals surface area contributed by atoms with Crippen molar-refractivity contribution in [3.8, 4) is 22.7 Å². The summed E-state index contributed by atoms with van der Waals surface area (Å²) < 4.78 is 9.12. The summed E-state index contributed by atoms with van der Waals surface area (Å²) in [6, 6.07) is 10.9. The maximum absolute atomic E-state index is 12.9. The second kappa shape index (κ2) is 8.12. The molecule has 5 rings (SSSR count). The number of rotatable bonds is 4. The normalized spacial score (nSPS) is 15.7. The summed E-state index contributed by atoms with van der Waals surface area (Å²) in [5.41, 5.74) is 4.99. The van der Waals surface area contributed by atoms with Gasteiger partial charge in [0.05, 0.1) is 31.0 Å². The van der Waals surface area contributed by atoms with Crippen LogP contribution in [0.15, 0.2) is 55.1 Å². The number of carbonyl (C=O) groups is 1. The standard InChI is InChI=1S/C23H21ClN6O2/c1-14-11-29(13-25-14)20-8-6-15(10-22(20)32-2)19-12-30(28-27-19)21-9-7-16-17(24)4-3-5-18(16)26-23(21)31/h3-6,8,10-13,21H,7,9H2,1-2H3,(H,26,31). The van der Waals surface area contributed by atoms with Crippen LogP contribution in [0.5, 0.6) is 5.75 Å². The Kier molecular flexibility index (Phi) is 5.14. The largest absolute Gasteiger partial charge is 0.495 e. The monoisotopic (exact) mass is 448 g/mol. The molecule has 1 N–H and O–H groups in total. The number of nitrogens with one attached hydrogen (secondary N) is 1. The first-order valence-corrected chi connectivity index (χ1v) is 10.6. The Hall–Kier alpha value is -3.65. The predicted octanol–water partition coefficient (Wildman–Crippen LogP) is 4.23. The van der Waals surface area contributed by atoms with Gasteiger partial charge in [0.2, 0.25) is 5.91 Å². The smallest absolute Gasteiger partial charge is 0.249 e. The lowest BCUT2D eigenvalue weighted by Gasteiger charge is -2.12. The van der Waals surface area contributed by atoms with Crippen molar-refractivity contribution in [2.75, 3.05) is 12.4 Å². The van der Waals surface area contributed by atoms with E-state index in [-0.39, 0.29) is 5.91 Å². The van der Waals surface area contributed by atoms with E-state index < -0.39 is 6.04 Å². The number of benzene rings is 2. The molecule has 0 fully saturated rings. The Morgan fingerprint density at radius 3 is 2.88 bits per heavy atom. The Bertz CT molecular complexity index is 1310. The summed E-state index contributed by atoms with van der Waals surface area (Å²) >= 11 is 6.32. The zero-order valence-corrected chi connectivity index (χ0v) is 18.4. The number of ether oxygens (including phenoxy) is 1. The highest BCUT2D eigenvalue weighted by Gasteiger charge is 2.27. The molecule has 1 amide bonds. The Labute approximate surface area is 189 Å². The summed E-state index contributed by atoms with van der Waals surface area (Å²) in [6.45, 7) is 1.94. The molecule has 0 saturated heterocycles. The van der Waals surface area contributed by atoms with Crippen LogP contribution in [-0.2, 0) is 11.2 Å². The molecule has 1 unspecified atom stereocenters. The molecule has 0 saturated carbocycles. The maximum Gasteiger partial charge on any atom is 0.249 e. The number of amides is 1. The van der Waals surface area contributed by atoms with Crippen LogP contribution in [0.25, 0.3) is 16.9 Å². The number of hydrogen-bond acceptors (Lipinski definition) is 5. The van der Waals surface area contributed by atoms with E-state index in [4.69, 9.17) is 16.3 Å². The van der Waals surface area contributed by atoms with Crippen molar-refractivity contribution < 1.29 is 9.53 Å². The predicted molar refractivity (Wildman–Crippen MR) is 121 cm³/mol. The van der Waals surface area contributed by atoms with Gasteiger partial charge < -0.3 is 14.6 Å². The molecule has 1 aliphatic rings. The Morgan fingerprint density at radius 1 is 1.22 bits per heavy atom. The SMILES string of the molecule is COc1cc(-c2cn(C3CCc4c(Cl)cccc4NC3=O)nn2)ccc1-n1cnc(C)c1. The molecule has 162 valence electrons. The first kappa shape index (κ1) is 20.3. The summed E-state index contributed by atoms with van der Waals surface area (Å²) in [6.07, 6.45) is 6.71. The first-order valence-electron chi connectivity index (χ1n) is 10.2. The highest BCUT2D eigenvalue weighted by atomic mass is 35.5. The van der Waals surface area contributed by atoms with E-state index in [1.54, 1.807) is 24.3 Å². The number of halogens is 1. The molecule has 4 aromatic rings. The van der Waals surface area contributed by atoms with Gasteiger partial charge >= 0.3 is 0 Å². The molecule has 3 heterocycles. The van der Waals surface area contributed by atoms with Crippen LogP contribution in [0.2, 0.25) is 5.02 Å². The first-order chi connectivity index (χ1) is 15.5. The average Bonchev–Trinajstić information content (AvgIpc) is 3.41. The third-order valence-corrected chi connectivity index (χ3v) is 6.00. The fraction of sp³-hybridized carbons (Fsp3) is 0.217. The molecule has 0 bridgehead atoms. The van der Waals surface area contributed by atoms with E-state index in [0.29, 0.717) is 29.3 Å². The van der Waals surface area contributed by atoms with Gasteiger partial charge in [-0.3, -0.25) is 4.79 Å². The molecule has 9 heteroatoms. The lowest BCUT2D eigenvalue weighted by atomic mass is 10.1. The molecule has 2 aromatic heterocycles. The van der Waals surface area contributed by atoms with Gasteiger partial charge in [-0.25, -0.2) is 9.67 Å². The molecular formula is C23H21ClN6O2. The van der Waals surface area contributed by atoms with E-state index in [9.17, 15) is 4.79 Å². The number of nitrogens with zero attached hydrogens (tertiary/aromatic N) is 5. The Balaban J connectivity index is 1.43. The van der Waals surface area contributed by atoms with Gasteiger partial charge in [0.25, 0.3) is 0 Å². The number of imidazole rings is 1. The number of methoxy groups -OCH3 is 1. The molecule has 8 nitrogen and oxygen atoms in total. The van der Waals surface area contributed by atoms with Crippen LogP contribution in [0, 0.1) is 6.92 Å². The van der Waals surface area contributed by atoms with Gasteiger partial charge in [0.1, 0.15) is 17.5 Å². The third-order valence-electron chi connectivity index (χ3n) is 5.64. The van der Waals surface area contributed by atoms with Crippen LogP contribution < -0.4 is 10.1 Å². The van der Waals surface area contributed by atoms with Gasteiger partial charge in [0.15, 0.2) is 0 Å².